The maximum Gasteiger partial charge on any atom is 0.232 e. The molecular formula is C13H16N4O2. The van der Waals surface area contributed by atoms with Gasteiger partial charge in [0.1, 0.15) is 11.9 Å². The summed E-state index contributed by atoms with van der Waals surface area (Å²) in [5, 5.41) is 4.09. The van der Waals surface area contributed by atoms with Crippen molar-refractivity contribution < 1.29 is 9.26 Å². The smallest absolute Gasteiger partial charge is 0.232 e. The Hall–Kier alpha value is -1.69. The van der Waals surface area contributed by atoms with Gasteiger partial charge in [0.25, 0.3) is 0 Å². The van der Waals surface area contributed by atoms with Crippen LogP contribution in [0.25, 0.3) is 0 Å². The fourth-order valence-corrected chi connectivity index (χ4v) is 2.65. The summed E-state index contributed by atoms with van der Waals surface area (Å²) in [6.45, 7) is 0.712. The fraction of sp³-hybridized carbons (Fsp3) is 0.615. The highest BCUT2D eigenvalue weighted by Crippen LogP contribution is 2.42. The molecule has 0 radical (unpaired) electrons. The molecule has 100 valence electrons. The maximum atomic E-state index is 5.82. The Kier molecular flexibility index (Phi) is 2.44. The summed E-state index contributed by atoms with van der Waals surface area (Å²) in [5.41, 5.74) is 0. The van der Waals surface area contributed by atoms with Gasteiger partial charge >= 0.3 is 0 Å². The first-order valence-electron chi connectivity index (χ1n) is 6.75. The number of nitrogens with zero attached hydrogens (tertiary/aromatic N) is 4. The van der Waals surface area contributed by atoms with Crippen molar-refractivity contribution >= 4 is 0 Å². The lowest BCUT2D eigenvalue weighted by atomic mass is 10.0. The van der Waals surface area contributed by atoms with Gasteiger partial charge in [-0.25, -0.2) is 4.98 Å². The van der Waals surface area contributed by atoms with Crippen LogP contribution >= 0.6 is 0 Å². The molecule has 1 aliphatic heterocycles. The third-order valence-electron chi connectivity index (χ3n) is 3.92. The summed E-state index contributed by atoms with van der Waals surface area (Å²) in [6, 6.07) is 0. The van der Waals surface area contributed by atoms with Crippen molar-refractivity contribution in [3.63, 3.8) is 0 Å². The van der Waals surface area contributed by atoms with E-state index in [9.17, 15) is 0 Å². The predicted octanol–water partition coefficient (Wildman–Crippen LogP) is 1.93. The SMILES string of the molecule is Cn1ccnc1[C@@H]1OCC[C@H]1c1nc(C2CC2)no1. The zero-order chi connectivity index (χ0) is 12.8. The molecule has 0 N–H and O–H groups in total. The van der Waals surface area contributed by atoms with Crippen LogP contribution in [-0.4, -0.2) is 26.3 Å². The average molecular weight is 260 g/mol. The van der Waals surface area contributed by atoms with E-state index in [1.165, 1.54) is 12.8 Å². The molecule has 6 nitrogen and oxygen atoms in total. The van der Waals surface area contributed by atoms with Crippen LogP contribution in [0.5, 0.6) is 0 Å². The van der Waals surface area contributed by atoms with Crippen molar-refractivity contribution in [2.75, 3.05) is 6.61 Å². The van der Waals surface area contributed by atoms with E-state index in [1.807, 2.05) is 17.8 Å². The average Bonchev–Trinajstić information content (AvgIpc) is 2.82. The maximum absolute atomic E-state index is 5.82. The lowest BCUT2D eigenvalue weighted by Crippen LogP contribution is -2.11. The minimum atomic E-state index is -0.0764. The van der Waals surface area contributed by atoms with E-state index in [0.29, 0.717) is 18.4 Å². The van der Waals surface area contributed by atoms with E-state index < -0.39 is 0 Å². The molecule has 3 heterocycles. The monoisotopic (exact) mass is 260 g/mol. The minimum absolute atomic E-state index is 0.0764. The van der Waals surface area contributed by atoms with E-state index in [2.05, 4.69) is 15.1 Å². The van der Waals surface area contributed by atoms with Gasteiger partial charge in [-0.2, -0.15) is 4.98 Å². The van der Waals surface area contributed by atoms with Crippen molar-refractivity contribution in [3.05, 3.63) is 29.9 Å². The molecule has 0 aromatic carbocycles. The van der Waals surface area contributed by atoms with E-state index in [0.717, 1.165) is 18.1 Å². The molecule has 1 saturated heterocycles. The second-order valence-electron chi connectivity index (χ2n) is 5.35. The summed E-state index contributed by atoms with van der Waals surface area (Å²) < 4.78 is 13.2. The largest absolute Gasteiger partial charge is 0.369 e. The van der Waals surface area contributed by atoms with Crippen LogP contribution in [0.2, 0.25) is 0 Å². The Labute approximate surface area is 110 Å². The van der Waals surface area contributed by atoms with E-state index in [1.54, 1.807) is 6.20 Å². The number of imidazole rings is 1. The zero-order valence-corrected chi connectivity index (χ0v) is 10.8. The molecule has 19 heavy (non-hydrogen) atoms. The van der Waals surface area contributed by atoms with Crippen molar-refractivity contribution in [2.45, 2.75) is 37.2 Å². The van der Waals surface area contributed by atoms with Crippen molar-refractivity contribution in [3.8, 4) is 0 Å². The van der Waals surface area contributed by atoms with Gasteiger partial charge in [-0.1, -0.05) is 5.16 Å². The topological polar surface area (TPSA) is 66.0 Å². The van der Waals surface area contributed by atoms with Crippen LogP contribution in [-0.2, 0) is 11.8 Å². The highest BCUT2D eigenvalue weighted by molar-refractivity contribution is 5.11. The summed E-state index contributed by atoms with van der Waals surface area (Å²) in [4.78, 5) is 8.93. The van der Waals surface area contributed by atoms with Crippen LogP contribution in [0, 0.1) is 0 Å². The van der Waals surface area contributed by atoms with E-state index >= 15 is 0 Å². The number of aryl methyl sites for hydroxylation is 1. The quantitative estimate of drug-likeness (QED) is 0.843. The highest BCUT2D eigenvalue weighted by Gasteiger charge is 2.38. The molecule has 6 heteroatoms. The van der Waals surface area contributed by atoms with Gasteiger partial charge in [-0.05, 0) is 19.3 Å². The summed E-state index contributed by atoms with van der Waals surface area (Å²) in [7, 11) is 1.98. The van der Waals surface area contributed by atoms with Crippen LogP contribution in [0.1, 0.15) is 54.7 Å². The molecule has 2 aromatic rings. The molecule has 1 aliphatic carbocycles. The number of aromatic nitrogens is 4. The van der Waals surface area contributed by atoms with Gasteiger partial charge in [-0.15, -0.1) is 0 Å². The molecular weight excluding hydrogens is 244 g/mol. The normalized spacial score (nSPS) is 27.0. The second-order valence-corrected chi connectivity index (χ2v) is 5.35. The van der Waals surface area contributed by atoms with Crippen LogP contribution in [0.3, 0.4) is 0 Å². The lowest BCUT2D eigenvalue weighted by molar-refractivity contribution is 0.0895. The summed E-state index contributed by atoms with van der Waals surface area (Å²) in [6.07, 6.45) is 6.91. The third kappa shape index (κ3) is 1.87. The van der Waals surface area contributed by atoms with Crippen molar-refractivity contribution in [2.24, 2.45) is 7.05 Å². The first-order valence-corrected chi connectivity index (χ1v) is 6.75. The van der Waals surface area contributed by atoms with Crippen molar-refractivity contribution in [1.82, 2.24) is 19.7 Å². The number of rotatable bonds is 3. The Bertz CT molecular complexity index is 587. The predicted molar refractivity (Wildman–Crippen MR) is 65.5 cm³/mol. The van der Waals surface area contributed by atoms with Crippen LogP contribution < -0.4 is 0 Å². The Balaban J connectivity index is 1.63. The van der Waals surface area contributed by atoms with E-state index in [-0.39, 0.29) is 12.0 Å². The molecule has 2 aromatic heterocycles. The summed E-state index contributed by atoms with van der Waals surface area (Å²) >= 11 is 0. The van der Waals surface area contributed by atoms with Gasteiger partial charge in [0, 0.05) is 32.0 Å². The fourth-order valence-electron chi connectivity index (χ4n) is 2.65. The molecule has 2 fully saturated rings. The third-order valence-corrected chi connectivity index (χ3v) is 3.92. The molecule has 0 spiro atoms. The zero-order valence-electron chi connectivity index (χ0n) is 10.8. The molecule has 4 rings (SSSR count). The highest BCUT2D eigenvalue weighted by atomic mass is 16.5. The molecule has 2 aliphatic rings. The van der Waals surface area contributed by atoms with Gasteiger partial charge < -0.3 is 13.8 Å². The number of hydrogen-bond donors (Lipinski definition) is 0. The van der Waals surface area contributed by atoms with Crippen LogP contribution in [0.4, 0.5) is 0 Å². The minimum Gasteiger partial charge on any atom is -0.369 e. The molecule has 0 amide bonds. The number of ether oxygens (including phenoxy) is 1. The van der Waals surface area contributed by atoms with Gasteiger partial charge in [0.05, 0.1) is 5.92 Å². The molecule has 0 bridgehead atoms. The summed E-state index contributed by atoms with van der Waals surface area (Å²) in [5.74, 6) is 3.13. The van der Waals surface area contributed by atoms with Crippen molar-refractivity contribution in [1.29, 1.82) is 0 Å². The molecule has 1 saturated carbocycles. The van der Waals surface area contributed by atoms with E-state index in [4.69, 9.17) is 9.26 Å². The molecule has 2 atom stereocenters. The van der Waals surface area contributed by atoms with Crippen LogP contribution in [0.15, 0.2) is 16.9 Å². The lowest BCUT2D eigenvalue weighted by Gasteiger charge is -2.14. The standard InChI is InChI=1S/C13H16N4O2/c1-17-6-5-14-12(17)10-9(4-7-18-10)13-15-11(16-19-13)8-2-3-8/h5-6,8-10H,2-4,7H2,1H3/t9-,10-/m1/s1. The van der Waals surface area contributed by atoms with Gasteiger partial charge in [0.15, 0.2) is 5.82 Å². The Morgan fingerprint density at radius 3 is 2.95 bits per heavy atom. The Morgan fingerprint density at radius 1 is 1.32 bits per heavy atom. The first-order chi connectivity index (χ1) is 9.33. The van der Waals surface area contributed by atoms with Gasteiger partial charge in [0.2, 0.25) is 5.89 Å². The second kappa shape index (κ2) is 4.16. The van der Waals surface area contributed by atoms with Gasteiger partial charge in [-0.3, -0.25) is 0 Å². The Morgan fingerprint density at radius 2 is 2.21 bits per heavy atom. The first kappa shape index (κ1) is 11.2. The number of hydrogen-bond acceptors (Lipinski definition) is 5. The molecule has 0 unspecified atom stereocenters.